The van der Waals surface area contributed by atoms with Gasteiger partial charge in [-0.2, -0.15) is 0 Å². The monoisotopic (exact) mass is 212 g/mol. The van der Waals surface area contributed by atoms with Gasteiger partial charge in [-0.15, -0.1) is 0 Å². The second-order valence-corrected chi connectivity index (χ2v) is 3.80. The van der Waals surface area contributed by atoms with E-state index < -0.39 is 0 Å². The molecule has 0 spiro atoms. The van der Waals surface area contributed by atoms with Gasteiger partial charge in [0.2, 0.25) is 0 Å². The molecule has 1 aromatic rings. The van der Waals surface area contributed by atoms with E-state index in [1.54, 1.807) is 12.1 Å². The highest BCUT2D eigenvalue weighted by Crippen LogP contribution is 2.16. The van der Waals surface area contributed by atoms with E-state index in [9.17, 15) is 4.39 Å². The Bertz CT molecular complexity index is 350. The van der Waals surface area contributed by atoms with Crippen LogP contribution >= 0.6 is 12.2 Å². The molecule has 1 rings (SSSR count). The average Bonchev–Trinajstić information content (AvgIpc) is 2.07. The summed E-state index contributed by atoms with van der Waals surface area (Å²) in [7, 11) is 0. The molecule has 0 atom stereocenters. The molecule has 0 aliphatic carbocycles. The Morgan fingerprint density at radius 2 is 2.14 bits per heavy atom. The second kappa shape index (κ2) is 4.37. The fourth-order valence-electron chi connectivity index (χ4n) is 1.10. The Kier molecular flexibility index (Phi) is 3.41. The average molecular weight is 212 g/mol. The lowest BCUT2D eigenvalue weighted by atomic mass is 10.2. The summed E-state index contributed by atoms with van der Waals surface area (Å²) in [4.78, 5) is 0.208. The number of benzene rings is 1. The summed E-state index contributed by atoms with van der Waals surface area (Å²) in [5.74, 6) is -0.330. The topological polar surface area (TPSA) is 38.0 Å². The third-order valence-electron chi connectivity index (χ3n) is 1.70. The van der Waals surface area contributed by atoms with Crippen molar-refractivity contribution in [3.05, 3.63) is 29.6 Å². The van der Waals surface area contributed by atoms with Gasteiger partial charge in [0.1, 0.15) is 10.8 Å². The van der Waals surface area contributed by atoms with Crippen LogP contribution in [0.3, 0.4) is 0 Å². The summed E-state index contributed by atoms with van der Waals surface area (Å²) in [5, 5.41) is 2.98. The molecule has 0 saturated heterocycles. The van der Waals surface area contributed by atoms with Gasteiger partial charge in [0.05, 0.1) is 5.69 Å². The lowest BCUT2D eigenvalue weighted by Crippen LogP contribution is -2.13. The van der Waals surface area contributed by atoms with E-state index in [0.29, 0.717) is 11.3 Å². The molecule has 14 heavy (non-hydrogen) atoms. The molecule has 0 unspecified atom stereocenters. The van der Waals surface area contributed by atoms with E-state index in [1.807, 2.05) is 13.8 Å². The number of rotatable bonds is 3. The molecule has 1 aromatic carbocycles. The third-order valence-corrected chi connectivity index (χ3v) is 1.93. The largest absolute Gasteiger partial charge is 0.389 e. The molecule has 0 radical (unpaired) electrons. The van der Waals surface area contributed by atoms with Crippen molar-refractivity contribution < 1.29 is 4.39 Å². The van der Waals surface area contributed by atoms with Crippen LogP contribution in [0.1, 0.15) is 19.4 Å². The van der Waals surface area contributed by atoms with Gasteiger partial charge in [0.25, 0.3) is 0 Å². The van der Waals surface area contributed by atoms with Crippen LogP contribution in [0.5, 0.6) is 0 Å². The van der Waals surface area contributed by atoms with Crippen molar-refractivity contribution in [3.8, 4) is 0 Å². The first-order valence-corrected chi connectivity index (χ1v) is 4.77. The second-order valence-electron chi connectivity index (χ2n) is 3.36. The molecule has 4 heteroatoms. The Morgan fingerprint density at radius 3 is 2.57 bits per heavy atom. The smallest absolute Gasteiger partial charge is 0.146 e. The SMILES string of the molecule is CC(C)Nc1ccc(C(N)=S)cc1F. The molecular weight excluding hydrogens is 199 g/mol. The molecule has 0 aliphatic rings. The van der Waals surface area contributed by atoms with Crippen LogP contribution < -0.4 is 11.1 Å². The van der Waals surface area contributed by atoms with Gasteiger partial charge in [-0.3, -0.25) is 0 Å². The minimum absolute atomic E-state index is 0.195. The van der Waals surface area contributed by atoms with Crippen LogP contribution in [0, 0.1) is 5.82 Å². The predicted octanol–water partition coefficient (Wildman–Crippen LogP) is 2.28. The molecule has 0 fully saturated rings. The maximum atomic E-state index is 13.4. The first kappa shape index (κ1) is 10.9. The van der Waals surface area contributed by atoms with E-state index in [2.05, 4.69) is 5.32 Å². The van der Waals surface area contributed by atoms with E-state index >= 15 is 0 Å². The van der Waals surface area contributed by atoms with Gasteiger partial charge in [-0.25, -0.2) is 4.39 Å². The summed E-state index contributed by atoms with van der Waals surface area (Å²) < 4.78 is 13.4. The number of thiocarbonyl (C=S) groups is 1. The molecule has 0 bridgehead atoms. The molecule has 0 amide bonds. The number of halogens is 1. The van der Waals surface area contributed by atoms with E-state index in [1.165, 1.54) is 6.07 Å². The number of hydrogen-bond acceptors (Lipinski definition) is 2. The molecule has 76 valence electrons. The number of nitrogens with two attached hydrogens (primary N) is 1. The lowest BCUT2D eigenvalue weighted by molar-refractivity contribution is 0.627. The molecule has 0 saturated carbocycles. The van der Waals surface area contributed by atoms with E-state index in [0.717, 1.165) is 0 Å². The van der Waals surface area contributed by atoms with Crippen LogP contribution in [0.4, 0.5) is 10.1 Å². The summed E-state index contributed by atoms with van der Waals surface area (Å²) in [6.45, 7) is 3.89. The standard InChI is InChI=1S/C10H13FN2S/c1-6(2)13-9-4-3-7(10(12)14)5-8(9)11/h3-6,13H,1-2H3,(H2,12,14). The lowest BCUT2D eigenvalue weighted by Gasteiger charge is -2.11. The van der Waals surface area contributed by atoms with Crippen LogP contribution in [-0.4, -0.2) is 11.0 Å². The highest BCUT2D eigenvalue weighted by atomic mass is 32.1. The number of hydrogen-bond donors (Lipinski definition) is 2. The highest BCUT2D eigenvalue weighted by molar-refractivity contribution is 7.80. The van der Waals surface area contributed by atoms with Gasteiger partial charge in [0.15, 0.2) is 0 Å². The van der Waals surface area contributed by atoms with Crippen molar-refractivity contribution in [3.63, 3.8) is 0 Å². The number of nitrogens with one attached hydrogen (secondary N) is 1. The van der Waals surface area contributed by atoms with Crippen molar-refractivity contribution in [2.24, 2.45) is 5.73 Å². The predicted molar refractivity (Wildman–Crippen MR) is 61.0 cm³/mol. The Hall–Kier alpha value is -1.16. The maximum absolute atomic E-state index is 13.4. The molecule has 3 N–H and O–H groups in total. The minimum Gasteiger partial charge on any atom is -0.389 e. The van der Waals surface area contributed by atoms with Gasteiger partial charge in [-0.1, -0.05) is 12.2 Å². The van der Waals surface area contributed by atoms with Crippen molar-refractivity contribution in [2.75, 3.05) is 5.32 Å². The van der Waals surface area contributed by atoms with Crippen LogP contribution in [-0.2, 0) is 0 Å². The van der Waals surface area contributed by atoms with Gasteiger partial charge in [-0.05, 0) is 32.0 Å². The van der Waals surface area contributed by atoms with Gasteiger partial charge >= 0.3 is 0 Å². The van der Waals surface area contributed by atoms with Crippen LogP contribution in [0.15, 0.2) is 18.2 Å². The summed E-state index contributed by atoms with van der Waals surface area (Å²) in [5.41, 5.74) is 6.40. The molecule has 0 aromatic heterocycles. The summed E-state index contributed by atoms with van der Waals surface area (Å²) in [6.07, 6.45) is 0. The van der Waals surface area contributed by atoms with E-state index in [4.69, 9.17) is 18.0 Å². The highest BCUT2D eigenvalue weighted by Gasteiger charge is 2.05. The molecule has 0 heterocycles. The van der Waals surface area contributed by atoms with Crippen molar-refractivity contribution in [1.82, 2.24) is 0 Å². The van der Waals surface area contributed by atoms with Crippen LogP contribution in [0.2, 0.25) is 0 Å². The zero-order chi connectivity index (χ0) is 10.7. The Balaban J connectivity index is 2.95. The zero-order valence-corrected chi connectivity index (χ0v) is 8.99. The first-order valence-electron chi connectivity index (χ1n) is 4.36. The van der Waals surface area contributed by atoms with Crippen molar-refractivity contribution >= 4 is 22.9 Å². The van der Waals surface area contributed by atoms with E-state index in [-0.39, 0.29) is 16.8 Å². The van der Waals surface area contributed by atoms with Gasteiger partial charge < -0.3 is 11.1 Å². The zero-order valence-electron chi connectivity index (χ0n) is 8.17. The minimum atomic E-state index is -0.330. The quantitative estimate of drug-likeness (QED) is 0.755. The fraction of sp³-hybridized carbons (Fsp3) is 0.300. The summed E-state index contributed by atoms with van der Waals surface area (Å²) >= 11 is 4.74. The Labute approximate surface area is 88.3 Å². The third kappa shape index (κ3) is 2.67. The normalized spacial score (nSPS) is 10.3. The Morgan fingerprint density at radius 1 is 1.50 bits per heavy atom. The van der Waals surface area contributed by atoms with Crippen molar-refractivity contribution in [1.29, 1.82) is 0 Å². The first-order chi connectivity index (χ1) is 6.50. The summed E-state index contributed by atoms with van der Waals surface area (Å²) in [6, 6.07) is 4.88. The maximum Gasteiger partial charge on any atom is 0.146 e. The fourth-order valence-corrected chi connectivity index (χ4v) is 1.22. The molecule has 0 aliphatic heterocycles. The van der Waals surface area contributed by atoms with Crippen LogP contribution in [0.25, 0.3) is 0 Å². The molecular formula is C10H13FN2S. The van der Waals surface area contributed by atoms with Gasteiger partial charge in [0, 0.05) is 11.6 Å². The van der Waals surface area contributed by atoms with Crippen molar-refractivity contribution in [2.45, 2.75) is 19.9 Å². The molecule has 2 nitrogen and oxygen atoms in total. The number of anilines is 1.